The fourth-order valence-electron chi connectivity index (χ4n) is 2.48. The van der Waals surface area contributed by atoms with Gasteiger partial charge in [0.25, 0.3) is 0 Å². The molecule has 0 atom stereocenters. The fraction of sp³-hybridized carbons (Fsp3) is 0.538. The molecule has 6 heteroatoms. The molecule has 0 amide bonds. The zero-order chi connectivity index (χ0) is 14.0. The van der Waals surface area contributed by atoms with Gasteiger partial charge in [-0.1, -0.05) is 15.9 Å². The van der Waals surface area contributed by atoms with E-state index >= 15 is 0 Å². The number of nitrogens with zero attached hydrogens (tertiary/aromatic N) is 1. The van der Waals surface area contributed by atoms with Crippen molar-refractivity contribution in [3.8, 4) is 0 Å². The van der Waals surface area contributed by atoms with E-state index in [4.69, 9.17) is 13.7 Å². The van der Waals surface area contributed by atoms with Crippen molar-refractivity contribution in [3.63, 3.8) is 0 Å². The molecule has 2 radical (unpaired) electrons. The van der Waals surface area contributed by atoms with Gasteiger partial charge in [-0.25, -0.2) is 0 Å². The van der Waals surface area contributed by atoms with Gasteiger partial charge in [-0.3, -0.25) is 0 Å². The van der Waals surface area contributed by atoms with E-state index in [1.165, 1.54) is 0 Å². The number of benzene rings is 1. The Balaban J connectivity index is 2.04. The standard InChI is InChI=1S/C13H17BBr2N2O/c14-18(10-1-3-11(19)4-2-10)7-8-5-9(15)6-12(16)13(8)17/h5-6,10-11,19H,1-4,7,17H2. The first kappa shape index (κ1) is 15.4. The van der Waals surface area contributed by atoms with Crippen molar-refractivity contribution in [1.29, 1.82) is 0 Å². The lowest BCUT2D eigenvalue weighted by molar-refractivity contribution is 0.0990. The van der Waals surface area contributed by atoms with Crippen LogP contribution in [0.25, 0.3) is 0 Å². The van der Waals surface area contributed by atoms with Gasteiger partial charge in [-0.2, -0.15) is 0 Å². The summed E-state index contributed by atoms with van der Waals surface area (Å²) in [6.07, 6.45) is 3.38. The molecule has 0 aliphatic heterocycles. The summed E-state index contributed by atoms with van der Waals surface area (Å²) in [5.41, 5.74) is 7.80. The van der Waals surface area contributed by atoms with Crippen molar-refractivity contribution in [2.75, 3.05) is 5.73 Å². The van der Waals surface area contributed by atoms with Crippen LogP contribution in [0, 0.1) is 0 Å². The highest BCUT2D eigenvalue weighted by Gasteiger charge is 2.22. The number of anilines is 1. The van der Waals surface area contributed by atoms with Crippen LogP contribution in [0.5, 0.6) is 0 Å². The molecule has 0 spiro atoms. The zero-order valence-electron chi connectivity index (χ0n) is 10.6. The molecule has 0 saturated heterocycles. The monoisotopic (exact) mass is 386 g/mol. The third-order valence-corrected chi connectivity index (χ3v) is 4.78. The van der Waals surface area contributed by atoms with E-state index in [2.05, 4.69) is 31.9 Å². The van der Waals surface area contributed by atoms with Crippen LogP contribution in [0.4, 0.5) is 5.69 Å². The SMILES string of the molecule is [B]N(Cc1cc(Br)cc(Br)c1N)C1CCC(O)CC1. The second-order valence-electron chi connectivity index (χ2n) is 5.10. The van der Waals surface area contributed by atoms with Crippen LogP contribution in [-0.2, 0) is 6.54 Å². The average molecular weight is 388 g/mol. The molecule has 0 unspecified atom stereocenters. The van der Waals surface area contributed by atoms with Gasteiger partial charge in [0.2, 0.25) is 0 Å². The minimum Gasteiger partial charge on any atom is -0.398 e. The molecule has 19 heavy (non-hydrogen) atoms. The molecule has 1 aliphatic carbocycles. The topological polar surface area (TPSA) is 49.5 Å². The number of nitrogens with two attached hydrogens (primary N) is 1. The lowest BCUT2D eigenvalue weighted by atomic mass is 9.90. The van der Waals surface area contributed by atoms with E-state index in [9.17, 15) is 5.11 Å². The lowest BCUT2D eigenvalue weighted by Gasteiger charge is -2.34. The second-order valence-corrected chi connectivity index (χ2v) is 6.87. The fourth-order valence-corrected chi connectivity index (χ4v) is 3.80. The maximum absolute atomic E-state index is 9.52. The Morgan fingerprint density at radius 3 is 2.53 bits per heavy atom. The number of halogens is 2. The molecule has 1 fully saturated rings. The second kappa shape index (κ2) is 6.61. The summed E-state index contributed by atoms with van der Waals surface area (Å²) in [5.74, 6) is 0. The molecule has 0 heterocycles. The van der Waals surface area contributed by atoms with E-state index < -0.39 is 0 Å². The van der Waals surface area contributed by atoms with Gasteiger partial charge in [0.15, 0.2) is 7.98 Å². The van der Waals surface area contributed by atoms with E-state index in [1.807, 2.05) is 16.9 Å². The van der Waals surface area contributed by atoms with Crippen molar-refractivity contribution in [1.82, 2.24) is 4.81 Å². The summed E-state index contributed by atoms with van der Waals surface area (Å²) in [5, 5.41) is 9.52. The van der Waals surface area contributed by atoms with Crippen LogP contribution < -0.4 is 5.73 Å². The third kappa shape index (κ3) is 3.97. The summed E-state index contributed by atoms with van der Waals surface area (Å²) >= 11 is 6.91. The number of aliphatic hydroxyl groups is 1. The van der Waals surface area contributed by atoms with Crippen molar-refractivity contribution in [3.05, 3.63) is 26.6 Å². The predicted octanol–water partition coefficient (Wildman–Crippen LogP) is 2.98. The van der Waals surface area contributed by atoms with Gasteiger partial charge in [0, 0.05) is 15.5 Å². The largest absolute Gasteiger partial charge is 0.398 e. The van der Waals surface area contributed by atoms with Crippen molar-refractivity contribution in [2.45, 2.75) is 44.4 Å². The van der Waals surface area contributed by atoms with E-state index in [0.717, 1.165) is 45.9 Å². The summed E-state index contributed by atoms with van der Waals surface area (Å²) in [6, 6.07) is 4.24. The summed E-state index contributed by atoms with van der Waals surface area (Å²) in [4.78, 5) is 1.84. The first-order chi connectivity index (χ1) is 8.97. The molecule has 102 valence electrons. The molecule has 0 aromatic heterocycles. The molecule has 1 aromatic carbocycles. The molecular weight excluding hydrogens is 371 g/mol. The normalized spacial score (nSPS) is 23.8. The van der Waals surface area contributed by atoms with Gasteiger partial charge in [-0.15, -0.1) is 0 Å². The maximum Gasteiger partial charge on any atom is 0.183 e. The lowest BCUT2D eigenvalue weighted by Crippen LogP contribution is -2.37. The minimum absolute atomic E-state index is 0.158. The maximum atomic E-state index is 9.52. The number of rotatable bonds is 3. The van der Waals surface area contributed by atoms with Gasteiger partial charge >= 0.3 is 0 Å². The molecule has 1 saturated carbocycles. The highest BCUT2D eigenvalue weighted by molar-refractivity contribution is 9.11. The van der Waals surface area contributed by atoms with Crippen LogP contribution in [0.15, 0.2) is 21.1 Å². The minimum atomic E-state index is -0.158. The van der Waals surface area contributed by atoms with Gasteiger partial charge in [-0.05, 0) is 65.4 Å². The first-order valence-corrected chi connectivity index (χ1v) is 7.98. The zero-order valence-corrected chi connectivity index (χ0v) is 13.8. The Bertz CT molecular complexity index is 451. The summed E-state index contributed by atoms with van der Waals surface area (Å²) in [6.45, 7) is 0.616. The number of hydrogen-bond acceptors (Lipinski definition) is 3. The van der Waals surface area contributed by atoms with Crippen LogP contribution >= 0.6 is 31.9 Å². The van der Waals surface area contributed by atoms with Crippen LogP contribution in [0.3, 0.4) is 0 Å². The van der Waals surface area contributed by atoms with Gasteiger partial charge < -0.3 is 15.7 Å². The number of hydrogen-bond donors (Lipinski definition) is 2. The van der Waals surface area contributed by atoms with Crippen molar-refractivity contribution in [2.24, 2.45) is 0 Å². The molecule has 3 nitrogen and oxygen atoms in total. The van der Waals surface area contributed by atoms with Crippen molar-refractivity contribution >= 4 is 45.5 Å². The van der Waals surface area contributed by atoms with Crippen molar-refractivity contribution < 1.29 is 5.11 Å². The highest BCUT2D eigenvalue weighted by atomic mass is 79.9. The quantitative estimate of drug-likeness (QED) is 0.619. The first-order valence-electron chi connectivity index (χ1n) is 6.40. The van der Waals surface area contributed by atoms with Crippen LogP contribution in [0.1, 0.15) is 31.2 Å². The molecule has 0 bridgehead atoms. The Morgan fingerprint density at radius 2 is 1.89 bits per heavy atom. The Kier molecular flexibility index (Phi) is 5.34. The molecule has 2 rings (SSSR count). The van der Waals surface area contributed by atoms with E-state index in [0.29, 0.717) is 12.6 Å². The molecule has 1 aliphatic rings. The molecular formula is C13H17BBr2N2O. The van der Waals surface area contributed by atoms with E-state index in [1.54, 1.807) is 0 Å². The third-order valence-electron chi connectivity index (χ3n) is 3.67. The van der Waals surface area contributed by atoms with E-state index in [-0.39, 0.29) is 6.10 Å². The Hall–Kier alpha value is -0.0351. The Morgan fingerprint density at radius 1 is 1.26 bits per heavy atom. The Labute approximate surface area is 132 Å². The highest BCUT2D eigenvalue weighted by Crippen LogP contribution is 2.30. The predicted molar refractivity (Wildman–Crippen MR) is 85.8 cm³/mol. The van der Waals surface area contributed by atoms with Crippen LogP contribution in [-0.4, -0.2) is 30.0 Å². The van der Waals surface area contributed by atoms with Gasteiger partial charge in [0.1, 0.15) is 0 Å². The molecule has 3 N–H and O–H groups in total. The smallest absolute Gasteiger partial charge is 0.183 e. The summed E-state index contributed by atoms with van der Waals surface area (Å²) < 4.78 is 1.86. The van der Waals surface area contributed by atoms with Crippen LogP contribution in [0.2, 0.25) is 0 Å². The van der Waals surface area contributed by atoms with Gasteiger partial charge in [0.05, 0.1) is 11.8 Å². The number of nitrogen functional groups attached to an aromatic ring is 1. The average Bonchev–Trinajstić information content (AvgIpc) is 2.36. The number of aliphatic hydroxyl groups excluding tert-OH is 1. The molecule has 1 aromatic rings. The summed E-state index contributed by atoms with van der Waals surface area (Å²) in [7, 11) is 6.16.